The number of furan rings is 1. The van der Waals surface area contributed by atoms with E-state index in [2.05, 4.69) is 4.98 Å². The number of aryl methyl sites for hydroxylation is 1. The van der Waals surface area contributed by atoms with Gasteiger partial charge in [-0.15, -0.1) is 0 Å². The van der Waals surface area contributed by atoms with Crippen molar-refractivity contribution >= 4 is 34.5 Å². The zero-order chi connectivity index (χ0) is 26.2. The molecule has 0 bridgehead atoms. The van der Waals surface area contributed by atoms with Gasteiger partial charge in [0.2, 0.25) is 11.8 Å². The van der Waals surface area contributed by atoms with Crippen LogP contribution in [0.3, 0.4) is 0 Å². The molecule has 38 heavy (non-hydrogen) atoms. The van der Waals surface area contributed by atoms with Crippen molar-refractivity contribution in [2.75, 3.05) is 4.90 Å². The summed E-state index contributed by atoms with van der Waals surface area (Å²) in [6, 6.07) is 24.0. The van der Waals surface area contributed by atoms with Crippen molar-refractivity contribution in [2.45, 2.75) is 25.9 Å². The van der Waals surface area contributed by atoms with Gasteiger partial charge >= 0.3 is 0 Å². The molecule has 1 aliphatic heterocycles. The lowest BCUT2D eigenvalue weighted by atomic mass is 10.1. The van der Waals surface area contributed by atoms with Crippen LogP contribution in [0.1, 0.15) is 28.1 Å². The molecule has 1 saturated heterocycles. The molecule has 0 spiro atoms. The Morgan fingerprint density at radius 1 is 0.974 bits per heavy atom. The fourth-order valence-corrected chi connectivity index (χ4v) is 4.74. The van der Waals surface area contributed by atoms with Gasteiger partial charge in [0.25, 0.3) is 11.8 Å². The highest BCUT2D eigenvalue weighted by Crippen LogP contribution is 2.31. The summed E-state index contributed by atoms with van der Waals surface area (Å²) in [6.07, 6.45) is 1.39. The van der Waals surface area contributed by atoms with E-state index in [9.17, 15) is 14.4 Å². The monoisotopic (exact) mass is 505 g/mol. The topological polar surface area (TPSA) is 96.9 Å². The van der Waals surface area contributed by atoms with Crippen LogP contribution in [0.5, 0.6) is 0 Å². The maximum absolute atomic E-state index is 13.6. The van der Waals surface area contributed by atoms with E-state index in [-0.39, 0.29) is 24.8 Å². The summed E-state index contributed by atoms with van der Waals surface area (Å²) in [7, 11) is 0. The van der Waals surface area contributed by atoms with Crippen molar-refractivity contribution in [3.05, 3.63) is 108 Å². The Bertz CT molecular complexity index is 1620. The second-order valence-corrected chi connectivity index (χ2v) is 9.15. The molecular weight excluding hydrogens is 482 g/mol. The second kappa shape index (κ2) is 9.48. The third-order valence-electron chi connectivity index (χ3n) is 6.71. The zero-order valence-electron chi connectivity index (χ0n) is 20.5. The van der Waals surface area contributed by atoms with Crippen molar-refractivity contribution in [3.63, 3.8) is 0 Å². The van der Waals surface area contributed by atoms with Crippen molar-refractivity contribution < 1.29 is 23.2 Å². The first-order valence-electron chi connectivity index (χ1n) is 12.2. The van der Waals surface area contributed by atoms with E-state index in [0.717, 1.165) is 21.5 Å². The van der Waals surface area contributed by atoms with Crippen LogP contribution in [-0.4, -0.2) is 33.6 Å². The number of oxazole rings is 1. The first kappa shape index (κ1) is 23.4. The van der Waals surface area contributed by atoms with Crippen molar-refractivity contribution in [3.8, 4) is 11.5 Å². The van der Waals surface area contributed by atoms with Crippen molar-refractivity contribution in [2.24, 2.45) is 0 Å². The maximum Gasteiger partial charge on any atom is 0.257 e. The molecule has 1 fully saturated rings. The highest BCUT2D eigenvalue weighted by atomic mass is 16.3. The number of aromatic nitrogens is 1. The molecule has 3 aromatic carbocycles. The van der Waals surface area contributed by atoms with E-state index >= 15 is 0 Å². The predicted molar refractivity (Wildman–Crippen MR) is 140 cm³/mol. The number of benzene rings is 3. The highest BCUT2D eigenvalue weighted by Gasteiger charge is 2.45. The molecule has 6 rings (SSSR count). The third-order valence-corrected chi connectivity index (χ3v) is 6.71. The Morgan fingerprint density at radius 3 is 2.47 bits per heavy atom. The minimum absolute atomic E-state index is 0.0638. The number of anilines is 1. The van der Waals surface area contributed by atoms with Gasteiger partial charge in [-0.25, -0.2) is 9.88 Å². The predicted octanol–water partition coefficient (Wildman–Crippen LogP) is 5.37. The van der Waals surface area contributed by atoms with Crippen LogP contribution in [-0.2, 0) is 16.1 Å². The number of carbonyl (C=O) groups is 3. The van der Waals surface area contributed by atoms with E-state index in [1.165, 1.54) is 11.2 Å². The molecular formula is C30H23N3O5. The molecule has 0 aliphatic carbocycles. The Morgan fingerprint density at radius 2 is 1.74 bits per heavy atom. The highest BCUT2D eigenvalue weighted by molar-refractivity contribution is 6.23. The summed E-state index contributed by atoms with van der Waals surface area (Å²) in [5.41, 5.74) is 3.81. The SMILES string of the molecule is Cc1ccccc1C(=O)N(Cc1ccco1)C1CC(=O)N(c2ccc(-c3nc4ccccc4o3)cc2)C1=O. The smallest absolute Gasteiger partial charge is 0.257 e. The zero-order valence-corrected chi connectivity index (χ0v) is 20.5. The van der Waals surface area contributed by atoms with Gasteiger partial charge in [0.05, 0.1) is 24.9 Å². The summed E-state index contributed by atoms with van der Waals surface area (Å²) in [5.74, 6) is -0.204. The van der Waals surface area contributed by atoms with Gasteiger partial charge in [0.15, 0.2) is 5.58 Å². The standard InChI is InChI=1S/C30H23N3O5/c1-19-7-2-3-9-23(19)29(35)32(18-22-8-6-16-37-22)25-17-27(34)33(30(25)36)21-14-12-20(13-15-21)28-31-24-10-4-5-11-26(24)38-28/h2-16,25H,17-18H2,1H3. The number of para-hydroxylation sites is 2. The van der Waals surface area contributed by atoms with Crippen LogP contribution in [0, 0.1) is 6.92 Å². The molecule has 1 atom stereocenters. The lowest BCUT2D eigenvalue weighted by molar-refractivity contribution is -0.122. The first-order valence-corrected chi connectivity index (χ1v) is 12.2. The third kappa shape index (κ3) is 4.16. The fourth-order valence-electron chi connectivity index (χ4n) is 4.74. The largest absolute Gasteiger partial charge is 0.467 e. The average Bonchev–Trinajstić information content (AvgIpc) is 3.66. The summed E-state index contributed by atoms with van der Waals surface area (Å²) in [4.78, 5) is 47.4. The number of hydrogen-bond acceptors (Lipinski definition) is 6. The Balaban J connectivity index is 1.29. The molecule has 8 nitrogen and oxygen atoms in total. The van der Waals surface area contributed by atoms with Crippen molar-refractivity contribution in [1.82, 2.24) is 9.88 Å². The van der Waals surface area contributed by atoms with Crippen LogP contribution in [0.2, 0.25) is 0 Å². The molecule has 3 heterocycles. The maximum atomic E-state index is 13.6. The number of imide groups is 1. The van der Waals surface area contributed by atoms with Gasteiger partial charge in [-0.05, 0) is 67.1 Å². The number of carbonyl (C=O) groups excluding carboxylic acids is 3. The molecule has 0 radical (unpaired) electrons. The van der Waals surface area contributed by atoms with Crippen LogP contribution in [0.15, 0.2) is 100 Å². The van der Waals surface area contributed by atoms with E-state index in [1.807, 2.05) is 43.3 Å². The van der Waals surface area contributed by atoms with Crippen molar-refractivity contribution in [1.29, 1.82) is 0 Å². The van der Waals surface area contributed by atoms with E-state index in [0.29, 0.717) is 28.5 Å². The van der Waals surface area contributed by atoms with Gasteiger partial charge in [0, 0.05) is 11.1 Å². The lowest BCUT2D eigenvalue weighted by Crippen LogP contribution is -2.45. The quantitative estimate of drug-likeness (QED) is 0.288. The Labute approximate surface area is 218 Å². The summed E-state index contributed by atoms with van der Waals surface area (Å²) < 4.78 is 11.3. The molecule has 5 aromatic rings. The van der Waals surface area contributed by atoms with E-state index in [4.69, 9.17) is 8.83 Å². The Hall–Kier alpha value is -4.98. The van der Waals surface area contributed by atoms with Gasteiger partial charge in [-0.2, -0.15) is 0 Å². The molecule has 0 saturated carbocycles. The van der Waals surface area contributed by atoms with E-state index < -0.39 is 11.9 Å². The van der Waals surface area contributed by atoms with Gasteiger partial charge in [-0.3, -0.25) is 14.4 Å². The van der Waals surface area contributed by atoms with Crippen LogP contribution in [0.25, 0.3) is 22.6 Å². The normalized spacial score (nSPS) is 15.4. The number of rotatable bonds is 6. The molecule has 8 heteroatoms. The van der Waals surface area contributed by atoms with Crippen LogP contribution in [0.4, 0.5) is 5.69 Å². The van der Waals surface area contributed by atoms with Gasteiger partial charge in [0.1, 0.15) is 17.3 Å². The fraction of sp³-hybridized carbons (Fsp3) is 0.133. The molecule has 2 aromatic heterocycles. The van der Waals surface area contributed by atoms with Crippen LogP contribution < -0.4 is 4.90 Å². The number of amides is 3. The van der Waals surface area contributed by atoms with Gasteiger partial charge in [-0.1, -0.05) is 30.3 Å². The molecule has 1 unspecified atom stereocenters. The number of fused-ring (bicyclic) bond motifs is 1. The van der Waals surface area contributed by atoms with E-state index in [1.54, 1.807) is 48.5 Å². The number of nitrogens with zero attached hydrogens (tertiary/aromatic N) is 3. The lowest BCUT2D eigenvalue weighted by Gasteiger charge is -2.27. The first-order chi connectivity index (χ1) is 18.5. The molecule has 188 valence electrons. The molecule has 1 aliphatic rings. The van der Waals surface area contributed by atoms with Gasteiger partial charge < -0.3 is 13.7 Å². The van der Waals surface area contributed by atoms with Crippen LogP contribution >= 0.6 is 0 Å². The summed E-state index contributed by atoms with van der Waals surface area (Å²) in [5, 5.41) is 0. The molecule has 3 amide bonds. The second-order valence-electron chi connectivity index (χ2n) is 9.15. The number of hydrogen-bond donors (Lipinski definition) is 0. The summed E-state index contributed by atoms with van der Waals surface area (Å²) >= 11 is 0. The molecule has 0 N–H and O–H groups in total. The Kier molecular flexibility index (Phi) is 5.84. The minimum Gasteiger partial charge on any atom is -0.467 e. The minimum atomic E-state index is -0.962. The average molecular weight is 506 g/mol. The summed E-state index contributed by atoms with van der Waals surface area (Å²) in [6.45, 7) is 1.90.